The fourth-order valence-electron chi connectivity index (χ4n) is 1.85. The molecular formula is C16H21NO3. The summed E-state index contributed by atoms with van der Waals surface area (Å²) in [4.78, 5) is 0. The molecule has 4 nitrogen and oxygen atoms in total. The second-order valence-electron chi connectivity index (χ2n) is 4.61. The van der Waals surface area contributed by atoms with Gasteiger partial charge in [-0.2, -0.15) is 0 Å². The van der Waals surface area contributed by atoms with E-state index in [4.69, 9.17) is 19.6 Å². The second kappa shape index (κ2) is 7.01. The predicted molar refractivity (Wildman–Crippen MR) is 78.1 cm³/mol. The lowest BCUT2D eigenvalue weighted by Gasteiger charge is -2.15. The quantitative estimate of drug-likeness (QED) is 0.840. The number of aryl methyl sites for hydroxylation is 1. The number of furan rings is 1. The number of ether oxygens (including phenoxy) is 2. The fraction of sp³-hybridized carbons (Fsp3) is 0.375. The first-order valence-electron chi connectivity index (χ1n) is 6.89. The monoisotopic (exact) mass is 275 g/mol. The summed E-state index contributed by atoms with van der Waals surface area (Å²) in [6.45, 7) is 5.06. The molecule has 0 aliphatic rings. The molecule has 2 rings (SSSR count). The van der Waals surface area contributed by atoms with Crippen LogP contribution < -0.4 is 15.2 Å². The van der Waals surface area contributed by atoms with E-state index < -0.39 is 0 Å². The van der Waals surface area contributed by atoms with Crippen LogP contribution in [0.5, 0.6) is 11.5 Å². The van der Waals surface area contributed by atoms with Crippen LogP contribution in [0.1, 0.15) is 31.0 Å². The van der Waals surface area contributed by atoms with Gasteiger partial charge in [0.25, 0.3) is 0 Å². The molecule has 1 aromatic carbocycles. The molecule has 0 fully saturated rings. The molecule has 0 spiro atoms. The van der Waals surface area contributed by atoms with E-state index in [0.29, 0.717) is 6.54 Å². The van der Waals surface area contributed by atoms with Crippen molar-refractivity contribution in [3.05, 3.63) is 47.9 Å². The van der Waals surface area contributed by atoms with Crippen molar-refractivity contribution in [3.8, 4) is 11.5 Å². The zero-order valence-electron chi connectivity index (χ0n) is 12.0. The summed E-state index contributed by atoms with van der Waals surface area (Å²) in [7, 11) is 0. The number of hydrogen-bond donors (Lipinski definition) is 1. The Labute approximate surface area is 119 Å². The lowest BCUT2D eigenvalue weighted by molar-refractivity contribution is 0.182. The molecule has 0 amide bonds. The molecule has 0 saturated heterocycles. The van der Waals surface area contributed by atoms with E-state index >= 15 is 0 Å². The average Bonchev–Trinajstić information content (AvgIpc) is 2.90. The molecule has 0 radical (unpaired) electrons. The molecule has 108 valence electrons. The van der Waals surface area contributed by atoms with E-state index in [-0.39, 0.29) is 6.10 Å². The van der Waals surface area contributed by atoms with Gasteiger partial charge in [-0.05, 0) is 49.7 Å². The van der Waals surface area contributed by atoms with Gasteiger partial charge in [0.2, 0.25) is 0 Å². The van der Waals surface area contributed by atoms with Gasteiger partial charge in [-0.25, -0.2) is 0 Å². The number of hydrogen-bond acceptors (Lipinski definition) is 4. The van der Waals surface area contributed by atoms with E-state index in [1.54, 1.807) is 0 Å². The van der Waals surface area contributed by atoms with Gasteiger partial charge in [0.1, 0.15) is 23.0 Å². The van der Waals surface area contributed by atoms with Crippen LogP contribution in [0, 0.1) is 6.92 Å². The van der Waals surface area contributed by atoms with Crippen LogP contribution in [-0.2, 0) is 0 Å². The first-order chi connectivity index (χ1) is 9.72. The van der Waals surface area contributed by atoms with Crippen LogP contribution in [0.2, 0.25) is 0 Å². The fourth-order valence-corrected chi connectivity index (χ4v) is 1.85. The van der Waals surface area contributed by atoms with Crippen LogP contribution >= 0.6 is 0 Å². The topological polar surface area (TPSA) is 57.6 Å². The van der Waals surface area contributed by atoms with Gasteiger partial charge >= 0.3 is 0 Å². The standard InChI is InChI=1S/C16H21NO3/c1-3-10-18-13-5-7-14(8-6-13)20-16(11-17)15-9-4-12(2)19-15/h4-9,16H,3,10-11,17H2,1-2H3. The van der Waals surface area contributed by atoms with Crippen molar-refractivity contribution < 1.29 is 13.9 Å². The third kappa shape index (κ3) is 3.78. The SMILES string of the molecule is CCCOc1ccc(OC(CN)c2ccc(C)o2)cc1. The summed E-state index contributed by atoms with van der Waals surface area (Å²) < 4.78 is 16.9. The Balaban J connectivity index is 2.00. The first kappa shape index (κ1) is 14.5. The highest BCUT2D eigenvalue weighted by atomic mass is 16.5. The van der Waals surface area contributed by atoms with Crippen LogP contribution in [-0.4, -0.2) is 13.2 Å². The molecule has 4 heteroatoms. The summed E-state index contributed by atoms with van der Waals surface area (Å²) in [6.07, 6.45) is 0.719. The second-order valence-corrected chi connectivity index (χ2v) is 4.61. The maximum Gasteiger partial charge on any atom is 0.168 e. The lowest BCUT2D eigenvalue weighted by Crippen LogP contribution is -2.17. The minimum atomic E-state index is -0.272. The van der Waals surface area contributed by atoms with Gasteiger partial charge in [-0.3, -0.25) is 0 Å². The molecule has 1 unspecified atom stereocenters. The Morgan fingerprint density at radius 1 is 1.10 bits per heavy atom. The zero-order chi connectivity index (χ0) is 14.4. The van der Waals surface area contributed by atoms with Gasteiger partial charge in [0, 0.05) is 6.54 Å². The van der Waals surface area contributed by atoms with Crippen LogP contribution in [0.15, 0.2) is 40.8 Å². The highest BCUT2D eigenvalue weighted by molar-refractivity contribution is 5.31. The normalized spacial score (nSPS) is 12.2. The minimum absolute atomic E-state index is 0.272. The van der Waals surface area contributed by atoms with Crippen molar-refractivity contribution in [1.82, 2.24) is 0 Å². The molecule has 2 N–H and O–H groups in total. The molecule has 1 heterocycles. The molecule has 0 aliphatic heterocycles. The highest BCUT2D eigenvalue weighted by Gasteiger charge is 2.15. The molecule has 0 aliphatic carbocycles. The molecule has 2 aromatic rings. The van der Waals surface area contributed by atoms with Crippen LogP contribution in [0.25, 0.3) is 0 Å². The summed E-state index contributed by atoms with van der Waals surface area (Å²) in [5.74, 6) is 3.19. The van der Waals surface area contributed by atoms with Crippen molar-refractivity contribution in [2.45, 2.75) is 26.4 Å². The smallest absolute Gasteiger partial charge is 0.168 e. The van der Waals surface area contributed by atoms with Gasteiger partial charge in [0.15, 0.2) is 6.10 Å². The molecule has 1 atom stereocenters. The Hall–Kier alpha value is -1.94. The number of nitrogens with two attached hydrogens (primary N) is 1. The summed E-state index contributed by atoms with van der Waals surface area (Å²) in [6, 6.07) is 11.3. The number of benzene rings is 1. The first-order valence-corrected chi connectivity index (χ1v) is 6.89. The minimum Gasteiger partial charge on any atom is -0.494 e. The van der Waals surface area contributed by atoms with E-state index in [1.807, 2.05) is 43.3 Å². The van der Waals surface area contributed by atoms with Crippen molar-refractivity contribution >= 4 is 0 Å². The van der Waals surface area contributed by atoms with Crippen molar-refractivity contribution in [3.63, 3.8) is 0 Å². The zero-order valence-corrected chi connectivity index (χ0v) is 12.0. The third-order valence-electron chi connectivity index (χ3n) is 2.87. The molecule has 1 aromatic heterocycles. The molecule has 20 heavy (non-hydrogen) atoms. The predicted octanol–water partition coefficient (Wildman–Crippen LogP) is 3.46. The molecule has 0 bridgehead atoms. The summed E-state index contributed by atoms with van der Waals surface area (Å²) in [5, 5.41) is 0. The largest absolute Gasteiger partial charge is 0.494 e. The van der Waals surface area contributed by atoms with E-state index in [9.17, 15) is 0 Å². The Morgan fingerprint density at radius 2 is 1.80 bits per heavy atom. The van der Waals surface area contributed by atoms with Crippen LogP contribution in [0.3, 0.4) is 0 Å². The summed E-state index contributed by atoms with van der Waals surface area (Å²) in [5.41, 5.74) is 5.75. The van der Waals surface area contributed by atoms with Crippen molar-refractivity contribution in [2.24, 2.45) is 5.73 Å². The van der Waals surface area contributed by atoms with Gasteiger partial charge in [-0.1, -0.05) is 6.92 Å². The van der Waals surface area contributed by atoms with E-state index in [2.05, 4.69) is 6.92 Å². The Morgan fingerprint density at radius 3 is 2.35 bits per heavy atom. The lowest BCUT2D eigenvalue weighted by atomic mass is 10.2. The molecular weight excluding hydrogens is 254 g/mol. The Bertz CT molecular complexity index is 519. The van der Waals surface area contributed by atoms with Crippen LogP contribution in [0.4, 0.5) is 0 Å². The van der Waals surface area contributed by atoms with Gasteiger partial charge in [0.05, 0.1) is 6.61 Å². The molecule has 0 saturated carbocycles. The highest BCUT2D eigenvalue weighted by Crippen LogP contribution is 2.24. The number of rotatable bonds is 7. The van der Waals surface area contributed by atoms with Crippen molar-refractivity contribution in [2.75, 3.05) is 13.2 Å². The van der Waals surface area contributed by atoms with E-state index in [0.717, 1.165) is 36.0 Å². The van der Waals surface area contributed by atoms with Gasteiger partial charge < -0.3 is 19.6 Å². The van der Waals surface area contributed by atoms with E-state index in [1.165, 1.54) is 0 Å². The van der Waals surface area contributed by atoms with Gasteiger partial charge in [-0.15, -0.1) is 0 Å². The Kier molecular flexibility index (Phi) is 5.07. The van der Waals surface area contributed by atoms with Crippen molar-refractivity contribution in [1.29, 1.82) is 0 Å². The summed E-state index contributed by atoms with van der Waals surface area (Å²) >= 11 is 0. The maximum absolute atomic E-state index is 5.85. The average molecular weight is 275 g/mol. The third-order valence-corrected chi connectivity index (χ3v) is 2.87. The maximum atomic E-state index is 5.85.